The highest BCUT2D eigenvalue weighted by molar-refractivity contribution is 7.93. The first-order valence-corrected chi connectivity index (χ1v) is 16.1. The van der Waals surface area contributed by atoms with E-state index >= 15 is 0 Å². The number of amides is 3. The minimum atomic E-state index is -4.35. The molecule has 0 radical (unpaired) electrons. The van der Waals surface area contributed by atoms with Crippen LogP contribution >= 0.6 is 11.6 Å². The molecule has 3 atom stereocenters. The Morgan fingerprint density at radius 3 is 2.35 bits per heavy atom. The van der Waals surface area contributed by atoms with Crippen molar-refractivity contribution in [2.45, 2.75) is 57.0 Å². The molecule has 226 valence electrons. The van der Waals surface area contributed by atoms with Gasteiger partial charge in [0.2, 0.25) is 17.7 Å². The van der Waals surface area contributed by atoms with E-state index in [9.17, 15) is 22.8 Å². The van der Waals surface area contributed by atoms with E-state index in [-0.39, 0.29) is 22.9 Å². The number of carbonyl (C=O) groups is 3. The number of fused-ring (bicyclic) bond motifs is 1. The molecule has 0 spiro atoms. The van der Waals surface area contributed by atoms with Gasteiger partial charge >= 0.3 is 0 Å². The van der Waals surface area contributed by atoms with Crippen LogP contribution in [0, 0.1) is 19.8 Å². The molecule has 0 aliphatic carbocycles. The fraction of sp³-hybridized carbons (Fsp3) is 0.344. The number of benzene rings is 3. The maximum absolute atomic E-state index is 14.4. The lowest BCUT2D eigenvalue weighted by atomic mass is 9.96. The van der Waals surface area contributed by atoms with Crippen LogP contribution in [0.3, 0.4) is 0 Å². The molecular formula is C32H35ClN4O5S. The minimum absolute atomic E-state index is 0.0114. The topological polar surface area (TPSA) is 116 Å². The van der Waals surface area contributed by atoms with Gasteiger partial charge in [-0.1, -0.05) is 61.0 Å². The van der Waals surface area contributed by atoms with E-state index in [0.717, 1.165) is 22.7 Å². The molecule has 3 aromatic carbocycles. The van der Waals surface area contributed by atoms with Gasteiger partial charge in [-0.15, -0.1) is 0 Å². The van der Waals surface area contributed by atoms with Gasteiger partial charge in [0.1, 0.15) is 12.1 Å². The fourth-order valence-electron chi connectivity index (χ4n) is 5.74. The summed E-state index contributed by atoms with van der Waals surface area (Å²) in [5.41, 5.74) is 2.40. The van der Waals surface area contributed by atoms with Crippen molar-refractivity contribution in [3.05, 3.63) is 88.4 Å². The van der Waals surface area contributed by atoms with Crippen molar-refractivity contribution in [3.8, 4) is 0 Å². The van der Waals surface area contributed by atoms with Crippen LogP contribution in [0.2, 0.25) is 5.02 Å². The SMILES string of the molecule is Cc1cc(S(=O)(=O)N2c3ccccc3NC(=O)C2C(C)C(=O)NC(Cc2ccccc2)C(=O)N2CCCC2)c(C)cc1Cl. The summed E-state index contributed by atoms with van der Waals surface area (Å²) in [7, 11) is -4.35. The smallest absolute Gasteiger partial charge is 0.265 e. The number of sulfonamides is 1. The van der Waals surface area contributed by atoms with E-state index in [4.69, 9.17) is 11.6 Å². The summed E-state index contributed by atoms with van der Waals surface area (Å²) >= 11 is 6.27. The van der Waals surface area contributed by atoms with E-state index in [0.29, 0.717) is 34.9 Å². The van der Waals surface area contributed by atoms with Crippen LogP contribution in [-0.4, -0.2) is 56.2 Å². The van der Waals surface area contributed by atoms with Gasteiger partial charge < -0.3 is 15.5 Å². The molecule has 0 aromatic heterocycles. The predicted molar refractivity (Wildman–Crippen MR) is 167 cm³/mol. The molecule has 0 bridgehead atoms. The third-order valence-corrected chi connectivity index (χ3v) is 10.5. The van der Waals surface area contributed by atoms with Crippen LogP contribution in [-0.2, 0) is 30.8 Å². The zero-order chi connectivity index (χ0) is 30.9. The normalized spacial score (nSPS) is 18.0. The molecule has 1 fully saturated rings. The second-order valence-electron chi connectivity index (χ2n) is 11.2. The minimum Gasteiger partial charge on any atom is -0.344 e. The van der Waals surface area contributed by atoms with E-state index in [1.165, 1.54) is 13.0 Å². The molecule has 3 unspecified atom stereocenters. The lowest BCUT2D eigenvalue weighted by Gasteiger charge is -2.39. The Balaban J connectivity index is 1.51. The molecule has 2 aliphatic heterocycles. The molecule has 11 heteroatoms. The van der Waals surface area contributed by atoms with E-state index < -0.39 is 39.8 Å². The summed E-state index contributed by atoms with van der Waals surface area (Å²) < 4.78 is 29.8. The van der Waals surface area contributed by atoms with Crippen molar-refractivity contribution in [2.75, 3.05) is 22.7 Å². The number of nitrogens with zero attached hydrogens (tertiary/aromatic N) is 2. The maximum atomic E-state index is 14.4. The average Bonchev–Trinajstić information content (AvgIpc) is 3.53. The standard InChI is InChI=1S/C32H35ClN4O5S/c1-20-18-28(21(2)17-24(20)33)43(41,42)37-27-14-8-7-13-25(27)34-31(39)29(37)22(3)30(38)35-26(19-23-11-5-4-6-12-23)32(40)36-15-9-10-16-36/h4-8,11-14,17-18,22,26,29H,9-10,15-16,19H2,1-3H3,(H,34,39)(H,35,38). The lowest BCUT2D eigenvalue weighted by Crippen LogP contribution is -2.59. The number of likely N-dealkylation sites (tertiary alicyclic amines) is 1. The predicted octanol–water partition coefficient (Wildman–Crippen LogP) is 4.46. The first-order chi connectivity index (χ1) is 20.5. The summed E-state index contributed by atoms with van der Waals surface area (Å²) in [5, 5.41) is 6.07. The number of hydrogen-bond acceptors (Lipinski definition) is 5. The second kappa shape index (κ2) is 12.4. The van der Waals surface area contributed by atoms with Gasteiger partial charge in [0.25, 0.3) is 10.0 Å². The number of anilines is 2. The molecule has 5 rings (SSSR count). The Morgan fingerprint density at radius 2 is 1.65 bits per heavy atom. The number of halogens is 1. The van der Waals surface area contributed by atoms with Gasteiger partial charge in [-0.2, -0.15) is 0 Å². The average molecular weight is 623 g/mol. The van der Waals surface area contributed by atoms with Crippen molar-refractivity contribution in [3.63, 3.8) is 0 Å². The molecular weight excluding hydrogens is 588 g/mol. The summed E-state index contributed by atoms with van der Waals surface area (Å²) in [5.74, 6) is -2.59. The number of para-hydroxylation sites is 2. The highest BCUT2D eigenvalue weighted by Crippen LogP contribution is 2.39. The molecule has 3 aromatic rings. The summed E-state index contributed by atoms with van der Waals surface area (Å²) in [6.45, 7) is 6.08. The molecule has 3 amide bonds. The molecule has 1 saturated heterocycles. The Labute approximate surface area is 257 Å². The molecule has 43 heavy (non-hydrogen) atoms. The van der Waals surface area contributed by atoms with E-state index in [1.54, 1.807) is 49.1 Å². The summed E-state index contributed by atoms with van der Waals surface area (Å²) in [6.07, 6.45) is 2.05. The van der Waals surface area contributed by atoms with Gasteiger partial charge in [-0.25, -0.2) is 8.42 Å². The second-order valence-corrected chi connectivity index (χ2v) is 13.4. The number of hydrogen-bond donors (Lipinski definition) is 2. The van der Waals surface area contributed by atoms with Crippen molar-refractivity contribution < 1.29 is 22.8 Å². The van der Waals surface area contributed by atoms with Crippen LogP contribution in [0.5, 0.6) is 0 Å². The summed E-state index contributed by atoms with van der Waals surface area (Å²) in [4.78, 5) is 42.8. The van der Waals surface area contributed by atoms with E-state index in [1.807, 2.05) is 30.3 Å². The van der Waals surface area contributed by atoms with Crippen molar-refractivity contribution >= 4 is 50.7 Å². The monoisotopic (exact) mass is 622 g/mol. The highest BCUT2D eigenvalue weighted by Gasteiger charge is 2.46. The zero-order valence-electron chi connectivity index (χ0n) is 24.3. The van der Waals surface area contributed by atoms with Gasteiger partial charge in [0, 0.05) is 24.5 Å². The Kier molecular flexibility index (Phi) is 8.80. The third-order valence-electron chi connectivity index (χ3n) is 8.12. The zero-order valence-corrected chi connectivity index (χ0v) is 25.9. The summed E-state index contributed by atoms with van der Waals surface area (Å²) in [6, 6.07) is 16.7. The lowest BCUT2D eigenvalue weighted by molar-refractivity contribution is -0.137. The van der Waals surface area contributed by atoms with Crippen LogP contribution in [0.25, 0.3) is 0 Å². The first-order valence-electron chi connectivity index (χ1n) is 14.3. The van der Waals surface area contributed by atoms with Crippen molar-refractivity contribution in [2.24, 2.45) is 5.92 Å². The van der Waals surface area contributed by atoms with Crippen LogP contribution in [0.15, 0.2) is 71.6 Å². The Morgan fingerprint density at radius 1 is 1.00 bits per heavy atom. The van der Waals surface area contributed by atoms with Gasteiger partial charge in [-0.3, -0.25) is 18.7 Å². The number of rotatable bonds is 8. The van der Waals surface area contributed by atoms with Crippen molar-refractivity contribution in [1.29, 1.82) is 0 Å². The molecule has 9 nitrogen and oxygen atoms in total. The fourth-order valence-corrected chi connectivity index (χ4v) is 7.95. The molecule has 2 N–H and O–H groups in total. The quantitative estimate of drug-likeness (QED) is 0.385. The maximum Gasteiger partial charge on any atom is 0.265 e. The van der Waals surface area contributed by atoms with Crippen molar-refractivity contribution in [1.82, 2.24) is 10.2 Å². The first kappa shape index (κ1) is 30.6. The van der Waals surface area contributed by atoms with Crippen LogP contribution < -0.4 is 14.9 Å². The third kappa shape index (κ3) is 6.12. The van der Waals surface area contributed by atoms with Crippen LogP contribution in [0.4, 0.5) is 11.4 Å². The number of nitrogens with one attached hydrogen (secondary N) is 2. The van der Waals surface area contributed by atoms with E-state index in [2.05, 4.69) is 10.6 Å². The largest absolute Gasteiger partial charge is 0.344 e. The van der Waals surface area contributed by atoms with Crippen LogP contribution in [0.1, 0.15) is 36.5 Å². The highest BCUT2D eigenvalue weighted by atomic mass is 35.5. The Bertz CT molecular complexity index is 1660. The molecule has 2 heterocycles. The molecule has 0 saturated carbocycles. The van der Waals surface area contributed by atoms with Gasteiger partial charge in [0.15, 0.2) is 0 Å². The number of aryl methyl sites for hydroxylation is 2. The molecule has 2 aliphatic rings. The van der Waals surface area contributed by atoms with Gasteiger partial charge in [-0.05, 0) is 67.6 Å². The van der Waals surface area contributed by atoms with Gasteiger partial charge in [0.05, 0.1) is 22.2 Å². The Hall–Kier alpha value is -3.89. The number of carbonyl (C=O) groups excluding carboxylic acids is 3.